The van der Waals surface area contributed by atoms with Crippen LogP contribution in [-0.2, 0) is 42.1 Å². The van der Waals surface area contributed by atoms with E-state index in [1.807, 2.05) is 30.3 Å². The summed E-state index contributed by atoms with van der Waals surface area (Å²) in [5, 5.41) is 14.2. The number of nitrogens with zero attached hydrogens (tertiary/aromatic N) is 2. The summed E-state index contributed by atoms with van der Waals surface area (Å²) in [7, 11) is 0. The zero-order chi connectivity index (χ0) is 20.5. The molecule has 2 heterocycles. The van der Waals surface area contributed by atoms with Crippen LogP contribution in [-0.4, -0.2) is 21.0 Å². The van der Waals surface area contributed by atoms with E-state index in [2.05, 4.69) is 5.32 Å². The van der Waals surface area contributed by atoms with Crippen LogP contribution in [0.2, 0.25) is 0 Å². The molecule has 1 aliphatic carbocycles. The Morgan fingerprint density at radius 1 is 1.07 bits per heavy atom. The van der Waals surface area contributed by atoms with Gasteiger partial charge in [0, 0.05) is 11.4 Å². The van der Waals surface area contributed by atoms with E-state index in [1.54, 1.807) is 0 Å². The van der Waals surface area contributed by atoms with E-state index in [9.17, 15) is 24.3 Å². The Kier molecular flexibility index (Phi) is 5.06. The van der Waals surface area contributed by atoms with Gasteiger partial charge in [0.25, 0.3) is 5.56 Å². The summed E-state index contributed by atoms with van der Waals surface area (Å²) in [6, 6.07) is 9.33. The summed E-state index contributed by atoms with van der Waals surface area (Å²) in [5.74, 6) is -1.93. The molecule has 0 atom stereocenters. The highest BCUT2D eigenvalue weighted by Crippen LogP contribution is 2.35. The lowest BCUT2D eigenvalue weighted by Gasteiger charge is -2.13. The molecule has 0 saturated heterocycles. The van der Waals surface area contributed by atoms with Gasteiger partial charge in [-0.3, -0.25) is 18.7 Å². The van der Waals surface area contributed by atoms with Gasteiger partial charge < -0.3 is 15.2 Å². The Morgan fingerprint density at radius 2 is 1.83 bits per heavy atom. The summed E-state index contributed by atoms with van der Waals surface area (Å²) in [6.07, 6.45) is 2.42. The number of hydrogen-bond donors (Lipinski definition) is 1. The van der Waals surface area contributed by atoms with E-state index in [-0.39, 0.29) is 6.54 Å². The number of carboxylic acid groups (broad SMARTS) is 1. The van der Waals surface area contributed by atoms with Crippen LogP contribution in [0.15, 0.2) is 39.9 Å². The molecule has 0 saturated carbocycles. The van der Waals surface area contributed by atoms with Crippen LogP contribution in [0, 0.1) is 0 Å². The monoisotopic (exact) mass is 412 g/mol. The number of fused-ring (bicyclic) bond motifs is 3. The van der Waals surface area contributed by atoms with Gasteiger partial charge >= 0.3 is 5.69 Å². The number of carboxylic acids is 1. The number of benzene rings is 1. The number of aliphatic carboxylic acids is 1. The molecule has 0 aliphatic heterocycles. The highest BCUT2D eigenvalue weighted by atomic mass is 32.1. The molecule has 1 aromatic carbocycles. The summed E-state index contributed by atoms with van der Waals surface area (Å²) < 4.78 is 1.84. The van der Waals surface area contributed by atoms with Crippen LogP contribution in [0.5, 0.6) is 0 Å². The number of aromatic nitrogens is 2. The lowest BCUT2D eigenvalue weighted by atomic mass is 10.2. The minimum atomic E-state index is -1.53. The van der Waals surface area contributed by atoms with Gasteiger partial charge in [0.2, 0.25) is 5.91 Å². The number of carbonyl (C=O) groups excluding carboxylic acids is 2. The van der Waals surface area contributed by atoms with Gasteiger partial charge in [0.05, 0.1) is 17.9 Å². The first-order valence-corrected chi connectivity index (χ1v) is 10.1. The van der Waals surface area contributed by atoms with Crippen molar-refractivity contribution in [3.8, 4) is 0 Å². The third-order valence-corrected chi connectivity index (χ3v) is 6.30. The first-order chi connectivity index (χ1) is 14.0. The highest BCUT2D eigenvalue weighted by molar-refractivity contribution is 7.19. The van der Waals surface area contributed by atoms with Gasteiger partial charge in [0.1, 0.15) is 11.4 Å². The summed E-state index contributed by atoms with van der Waals surface area (Å²) >= 11 is 1.33. The fourth-order valence-electron chi connectivity index (χ4n) is 3.66. The van der Waals surface area contributed by atoms with Gasteiger partial charge in [-0.2, -0.15) is 0 Å². The number of aryl methyl sites for hydroxylation is 2. The fraction of sp³-hybridized carbons (Fsp3) is 0.300. The van der Waals surface area contributed by atoms with Crippen molar-refractivity contribution in [1.82, 2.24) is 14.5 Å². The zero-order valence-corrected chi connectivity index (χ0v) is 16.3. The van der Waals surface area contributed by atoms with Gasteiger partial charge in [-0.15, -0.1) is 11.3 Å². The van der Waals surface area contributed by atoms with E-state index >= 15 is 0 Å². The van der Waals surface area contributed by atoms with Gasteiger partial charge in [-0.25, -0.2) is 4.79 Å². The molecule has 3 aromatic rings. The molecule has 0 radical (unpaired) electrons. The van der Waals surface area contributed by atoms with E-state index in [4.69, 9.17) is 0 Å². The van der Waals surface area contributed by atoms with Crippen LogP contribution < -0.4 is 21.7 Å². The molecule has 150 valence electrons. The third-order valence-electron chi connectivity index (χ3n) is 4.99. The van der Waals surface area contributed by atoms with E-state index < -0.39 is 29.7 Å². The second kappa shape index (κ2) is 7.67. The Hall–Kier alpha value is -3.20. The standard InChI is InChI=1S/C20H19N3O5S/c24-15(21-9-12-5-2-1-3-6-12)10-23-19-17(13-7-4-8-14(13)29-19)18(27)22(20(23)28)11-16(25)26/h1-3,5-6H,4,7-11H2,(H,21,24)(H,25,26)/p-1. The molecule has 1 N–H and O–H groups in total. The fourth-order valence-corrected chi connectivity index (χ4v) is 5.03. The Morgan fingerprint density at radius 3 is 2.55 bits per heavy atom. The SMILES string of the molecule is O=C([O-])Cn1c(=O)c2c3c(sc2n(CC(=O)NCc2ccccc2)c1=O)CCC3. The first kappa shape index (κ1) is 19.1. The molecule has 4 rings (SSSR count). The van der Waals surface area contributed by atoms with Gasteiger partial charge in [-0.1, -0.05) is 30.3 Å². The van der Waals surface area contributed by atoms with Crippen molar-refractivity contribution in [1.29, 1.82) is 0 Å². The molecular weight excluding hydrogens is 394 g/mol. The van der Waals surface area contributed by atoms with Crippen molar-refractivity contribution < 1.29 is 14.7 Å². The molecule has 29 heavy (non-hydrogen) atoms. The quantitative estimate of drug-likeness (QED) is 0.601. The maximum Gasteiger partial charge on any atom is 0.332 e. The van der Waals surface area contributed by atoms with Gasteiger partial charge in [0.15, 0.2) is 0 Å². The predicted molar refractivity (Wildman–Crippen MR) is 106 cm³/mol. The molecule has 1 amide bonds. The second-order valence-electron chi connectivity index (χ2n) is 6.93. The minimum absolute atomic E-state index is 0.297. The summed E-state index contributed by atoms with van der Waals surface area (Å²) in [5.41, 5.74) is 0.326. The number of nitrogens with one attached hydrogen (secondary N) is 1. The average Bonchev–Trinajstić information content (AvgIpc) is 3.29. The van der Waals surface area contributed by atoms with Crippen molar-refractivity contribution in [2.75, 3.05) is 0 Å². The maximum absolute atomic E-state index is 12.8. The highest BCUT2D eigenvalue weighted by Gasteiger charge is 2.25. The molecule has 0 unspecified atom stereocenters. The molecule has 8 nitrogen and oxygen atoms in total. The van der Waals surface area contributed by atoms with Gasteiger partial charge in [-0.05, 0) is 30.4 Å². The Labute approximate surface area is 169 Å². The number of amides is 1. The van der Waals surface area contributed by atoms with Crippen LogP contribution in [0.4, 0.5) is 0 Å². The van der Waals surface area contributed by atoms with Crippen molar-refractivity contribution in [3.05, 3.63) is 67.2 Å². The molecule has 2 aromatic heterocycles. The van der Waals surface area contributed by atoms with Crippen molar-refractivity contribution in [2.24, 2.45) is 0 Å². The lowest BCUT2D eigenvalue weighted by Crippen LogP contribution is -2.45. The Bertz CT molecular complexity index is 1220. The normalized spacial score (nSPS) is 12.8. The number of rotatable bonds is 6. The van der Waals surface area contributed by atoms with Crippen LogP contribution in [0.1, 0.15) is 22.4 Å². The van der Waals surface area contributed by atoms with Crippen LogP contribution >= 0.6 is 11.3 Å². The van der Waals surface area contributed by atoms with E-state index in [0.717, 1.165) is 28.8 Å². The maximum atomic E-state index is 12.8. The smallest absolute Gasteiger partial charge is 0.332 e. The number of hydrogen-bond acceptors (Lipinski definition) is 6. The molecular formula is C20H18N3O5S-. The number of carbonyl (C=O) groups is 2. The summed E-state index contributed by atoms with van der Waals surface area (Å²) in [6.45, 7) is -0.837. The lowest BCUT2D eigenvalue weighted by molar-refractivity contribution is -0.306. The van der Waals surface area contributed by atoms with E-state index in [0.29, 0.717) is 27.7 Å². The van der Waals surface area contributed by atoms with Crippen molar-refractivity contribution in [3.63, 3.8) is 0 Å². The molecule has 0 spiro atoms. The third kappa shape index (κ3) is 3.61. The topological polar surface area (TPSA) is 113 Å². The van der Waals surface area contributed by atoms with E-state index in [1.165, 1.54) is 15.9 Å². The zero-order valence-electron chi connectivity index (χ0n) is 15.5. The van der Waals surface area contributed by atoms with Crippen LogP contribution in [0.25, 0.3) is 10.2 Å². The average molecular weight is 412 g/mol. The largest absolute Gasteiger partial charge is 0.548 e. The molecule has 0 fully saturated rings. The van der Waals surface area contributed by atoms with Crippen molar-refractivity contribution >= 4 is 33.4 Å². The second-order valence-corrected chi connectivity index (χ2v) is 8.02. The summed E-state index contributed by atoms with van der Waals surface area (Å²) in [4.78, 5) is 50.7. The van der Waals surface area contributed by atoms with Crippen molar-refractivity contribution in [2.45, 2.75) is 38.9 Å². The molecule has 1 aliphatic rings. The first-order valence-electron chi connectivity index (χ1n) is 9.24. The number of thiophene rings is 1. The Balaban J connectivity index is 1.73. The molecule has 0 bridgehead atoms. The minimum Gasteiger partial charge on any atom is -0.548 e. The van der Waals surface area contributed by atoms with Crippen LogP contribution in [0.3, 0.4) is 0 Å². The molecule has 9 heteroatoms. The predicted octanol–water partition coefficient (Wildman–Crippen LogP) is -0.220.